The lowest BCUT2D eigenvalue weighted by Crippen LogP contribution is -2.53. The molecule has 0 aromatic heterocycles. The van der Waals surface area contributed by atoms with E-state index in [0.29, 0.717) is 12.3 Å². The number of unbranched alkanes of at least 4 members (excludes halogenated alkanes) is 3. The van der Waals surface area contributed by atoms with Gasteiger partial charge >= 0.3 is 5.97 Å². The van der Waals surface area contributed by atoms with E-state index in [-0.39, 0.29) is 17.0 Å². The molecule has 0 amide bonds. The van der Waals surface area contributed by atoms with E-state index in [1.165, 1.54) is 12.8 Å². The zero-order valence-corrected chi connectivity index (χ0v) is 14.5. The number of hydrogen-bond acceptors (Lipinski definition) is 3. The highest BCUT2D eigenvalue weighted by molar-refractivity contribution is 5.87. The van der Waals surface area contributed by atoms with Crippen molar-refractivity contribution in [1.82, 2.24) is 4.90 Å². The molecule has 0 spiro atoms. The first-order chi connectivity index (χ1) is 9.01. The summed E-state index contributed by atoms with van der Waals surface area (Å²) in [5.74, 6) is -0.300. The lowest BCUT2D eigenvalue weighted by atomic mass is 9.95. The molecule has 0 radical (unpaired) electrons. The molecule has 3 heteroatoms. The second-order valence-electron chi connectivity index (χ2n) is 7.32. The summed E-state index contributed by atoms with van der Waals surface area (Å²) < 4.78 is 5.34. The summed E-state index contributed by atoms with van der Waals surface area (Å²) in [4.78, 5) is 14.2. The van der Waals surface area contributed by atoms with Crippen molar-refractivity contribution in [3.05, 3.63) is 12.3 Å². The van der Waals surface area contributed by atoms with Crippen LogP contribution < -0.4 is 0 Å². The third-order valence-electron chi connectivity index (χ3n) is 3.08. The van der Waals surface area contributed by atoms with Crippen LogP contribution in [0.2, 0.25) is 0 Å². The van der Waals surface area contributed by atoms with Gasteiger partial charge in [-0.05, 0) is 48.0 Å². The van der Waals surface area contributed by atoms with Gasteiger partial charge in [-0.2, -0.15) is 0 Å². The van der Waals surface area contributed by atoms with Gasteiger partial charge < -0.3 is 9.64 Å². The molecule has 0 unspecified atom stereocenters. The van der Waals surface area contributed by atoms with Gasteiger partial charge in [0.2, 0.25) is 0 Å². The topological polar surface area (TPSA) is 29.5 Å². The summed E-state index contributed by atoms with van der Waals surface area (Å²) in [6.07, 6.45) is 4.41. The SMILES string of the molecule is C=C(C(=O)OCCCCCC)N(C(C)(C)C)C(C)(C)C. The van der Waals surface area contributed by atoms with E-state index in [1.807, 2.05) is 4.90 Å². The Morgan fingerprint density at radius 3 is 1.90 bits per heavy atom. The van der Waals surface area contributed by atoms with Crippen molar-refractivity contribution in [3.63, 3.8) is 0 Å². The molecular formula is C17H33NO2. The average Bonchev–Trinajstić information content (AvgIpc) is 2.24. The van der Waals surface area contributed by atoms with Crippen LogP contribution in [0.15, 0.2) is 12.3 Å². The maximum Gasteiger partial charge on any atom is 0.354 e. The minimum atomic E-state index is -0.300. The van der Waals surface area contributed by atoms with Crippen LogP contribution in [0.3, 0.4) is 0 Å². The Morgan fingerprint density at radius 2 is 1.50 bits per heavy atom. The normalized spacial score (nSPS) is 12.2. The predicted octanol–water partition coefficient (Wildman–Crippen LogP) is 4.52. The molecular weight excluding hydrogens is 250 g/mol. The van der Waals surface area contributed by atoms with Gasteiger partial charge in [0.05, 0.1) is 6.61 Å². The summed E-state index contributed by atoms with van der Waals surface area (Å²) >= 11 is 0. The Bertz CT molecular complexity index is 307. The summed E-state index contributed by atoms with van der Waals surface area (Å²) in [6.45, 7) is 19.1. The molecule has 0 saturated heterocycles. The lowest BCUT2D eigenvalue weighted by molar-refractivity contribution is -0.143. The van der Waals surface area contributed by atoms with E-state index in [9.17, 15) is 4.79 Å². The van der Waals surface area contributed by atoms with Gasteiger partial charge in [0.25, 0.3) is 0 Å². The Morgan fingerprint density at radius 1 is 1.00 bits per heavy atom. The van der Waals surface area contributed by atoms with Gasteiger partial charge in [0, 0.05) is 11.1 Å². The number of carbonyl (C=O) groups excluding carboxylic acids is 1. The van der Waals surface area contributed by atoms with Gasteiger partial charge in [0.15, 0.2) is 0 Å². The minimum absolute atomic E-state index is 0.170. The molecule has 0 aromatic rings. The fourth-order valence-electron chi connectivity index (χ4n) is 2.68. The smallest absolute Gasteiger partial charge is 0.354 e. The molecule has 0 atom stereocenters. The van der Waals surface area contributed by atoms with Crippen molar-refractivity contribution in [2.45, 2.75) is 85.2 Å². The highest BCUT2D eigenvalue weighted by Crippen LogP contribution is 2.29. The van der Waals surface area contributed by atoms with Gasteiger partial charge in [0.1, 0.15) is 5.70 Å². The van der Waals surface area contributed by atoms with Crippen LogP contribution in [0, 0.1) is 0 Å². The second-order valence-corrected chi connectivity index (χ2v) is 7.32. The number of esters is 1. The summed E-state index contributed by atoms with van der Waals surface area (Å²) in [6, 6.07) is 0. The van der Waals surface area contributed by atoms with E-state index in [2.05, 4.69) is 55.0 Å². The summed E-state index contributed by atoms with van der Waals surface area (Å²) in [7, 11) is 0. The molecule has 0 aliphatic heterocycles. The van der Waals surface area contributed by atoms with E-state index in [4.69, 9.17) is 4.74 Å². The Hall–Kier alpha value is -0.990. The number of rotatable bonds is 7. The molecule has 0 N–H and O–H groups in total. The minimum Gasteiger partial charge on any atom is -0.461 e. The Labute approximate surface area is 125 Å². The largest absolute Gasteiger partial charge is 0.461 e. The third-order valence-corrected chi connectivity index (χ3v) is 3.08. The van der Waals surface area contributed by atoms with Crippen molar-refractivity contribution < 1.29 is 9.53 Å². The molecule has 0 aliphatic carbocycles. The first-order valence-corrected chi connectivity index (χ1v) is 7.68. The van der Waals surface area contributed by atoms with Crippen molar-refractivity contribution in [2.75, 3.05) is 6.61 Å². The average molecular weight is 283 g/mol. The lowest BCUT2D eigenvalue weighted by Gasteiger charge is -2.47. The maximum absolute atomic E-state index is 12.1. The molecule has 3 nitrogen and oxygen atoms in total. The number of ether oxygens (including phenoxy) is 1. The highest BCUT2D eigenvalue weighted by atomic mass is 16.5. The number of nitrogens with zero attached hydrogens (tertiary/aromatic N) is 1. The zero-order chi connectivity index (χ0) is 16.0. The van der Waals surface area contributed by atoms with Gasteiger partial charge in [-0.15, -0.1) is 0 Å². The van der Waals surface area contributed by atoms with E-state index >= 15 is 0 Å². The fourth-order valence-corrected chi connectivity index (χ4v) is 2.68. The molecule has 0 aromatic carbocycles. The molecule has 0 fully saturated rings. The van der Waals surface area contributed by atoms with Crippen LogP contribution in [-0.4, -0.2) is 28.6 Å². The van der Waals surface area contributed by atoms with Gasteiger partial charge in [-0.25, -0.2) is 4.79 Å². The van der Waals surface area contributed by atoms with Crippen molar-refractivity contribution in [1.29, 1.82) is 0 Å². The fraction of sp³-hybridized carbons (Fsp3) is 0.824. The first-order valence-electron chi connectivity index (χ1n) is 7.68. The molecule has 0 aliphatic rings. The third kappa shape index (κ3) is 6.44. The van der Waals surface area contributed by atoms with Crippen LogP contribution in [0.5, 0.6) is 0 Å². The van der Waals surface area contributed by atoms with Crippen LogP contribution in [0.4, 0.5) is 0 Å². The monoisotopic (exact) mass is 283 g/mol. The molecule has 0 saturated carbocycles. The summed E-state index contributed by atoms with van der Waals surface area (Å²) in [5.41, 5.74) is 0.105. The molecule has 20 heavy (non-hydrogen) atoms. The van der Waals surface area contributed by atoms with Crippen LogP contribution in [0.25, 0.3) is 0 Å². The van der Waals surface area contributed by atoms with E-state index < -0.39 is 0 Å². The molecule has 0 bridgehead atoms. The molecule has 118 valence electrons. The van der Waals surface area contributed by atoms with Gasteiger partial charge in [-0.3, -0.25) is 0 Å². The van der Waals surface area contributed by atoms with Crippen LogP contribution >= 0.6 is 0 Å². The maximum atomic E-state index is 12.1. The van der Waals surface area contributed by atoms with Crippen molar-refractivity contribution in [3.8, 4) is 0 Å². The second kappa shape index (κ2) is 7.70. The number of hydrogen-bond donors (Lipinski definition) is 0. The summed E-state index contributed by atoms with van der Waals surface area (Å²) in [5, 5.41) is 0. The van der Waals surface area contributed by atoms with Crippen molar-refractivity contribution in [2.24, 2.45) is 0 Å². The van der Waals surface area contributed by atoms with Gasteiger partial charge in [-0.1, -0.05) is 32.8 Å². The zero-order valence-electron chi connectivity index (χ0n) is 14.5. The molecule has 0 heterocycles. The van der Waals surface area contributed by atoms with Crippen molar-refractivity contribution >= 4 is 5.97 Å². The number of carbonyl (C=O) groups is 1. The van der Waals surface area contributed by atoms with Crippen LogP contribution in [0.1, 0.15) is 74.1 Å². The predicted molar refractivity (Wildman–Crippen MR) is 85.6 cm³/mol. The van der Waals surface area contributed by atoms with Crippen LogP contribution in [-0.2, 0) is 9.53 Å². The molecule has 0 rings (SSSR count). The quantitative estimate of drug-likeness (QED) is 0.391. The van der Waals surface area contributed by atoms with E-state index in [0.717, 1.165) is 12.8 Å². The van der Waals surface area contributed by atoms with E-state index in [1.54, 1.807) is 0 Å². The Kier molecular flexibility index (Phi) is 7.32. The Balaban J connectivity index is 4.56. The highest BCUT2D eigenvalue weighted by Gasteiger charge is 2.35. The first kappa shape index (κ1) is 19.0. The standard InChI is InChI=1S/C17H33NO2/c1-9-10-11-12-13-20-15(19)14(2)18(16(3,4)5)17(6,7)8/h2,9-13H2,1,3-8H3.